The molecule has 33 heavy (non-hydrogen) atoms. The lowest BCUT2D eigenvalue weighted by Gasteiger charge is -2.44. The summed E-state index contributed by atoms with van der Waals surface area (Å²) in [6.45, 7) is 0.267. The van der Waals surface area contributed by atoms with Gasteiger partial charge in [-0.2, -0.15) is 0 Å². The minimum absolute atomic E-state index is 0. The zero-order valence-corrected chi connectivity index (χ0v) is 20.2. The van der Waals surface area contributed by atoms with Crippen molar-refractivity contribution < 1.29 is 22.7 Å². The first-order chi connectivity index (χ1) is 15.1. The van der Waals surface area contributed by atoms with Gasteiger partial charge in [-0.1, -0.05) is 24.3 Å². The number of guanidine groups is 1. The second-order valence-electron chi connectivity index (χ2n) is 7.69. The summed E-state index contributed by atoms with van der Waals surface area (Å²) in [6.07, 6.45) is 0.665. The Morgan fingerprint density at radius 1 is 1.15 bits per heavy atom. The molecule has 180 valence electrons. The van der Waals surface area contributed by atoms with Crippen LogP contribution in [0.1, 0.15) is 12.8 Å². The van der Waals surface area contributed by atoms with E-state index in [1.807, 2.05) is 31.1 Å². The summed E-state index contributed by atoms with van der Waals surface area (Å²) < 4.78 is 32.5. The molecule has 0 saturated carbocycles. The molecule has 3 rings (SSSR count). The smallest absolute Gasteiger partial charge is 0.330 e. The number of carbonyl (C=O) groups is 2. The van der Waals surface area contributed by atoms with Gasteiger partial charge >= 0.3 is 5.97 Å². The molecule has 0 bridgehead atoms. The van der Waals surface area contributed by atoms with E-state index in [9.17, 15) is 18.0 Å². The number of nitrogens with zero attached hydrogens (tertiary/aromatic N) is 3. The number of esters is 1. The highest BCUT2D eigenvalue weighted by Gasteiger charge is 2.57. The maximum Gasteiger partial charge on any atom is 0.330 e. The van der Waals surface area contributed by atoms with E-state index in [2.05, 4.69) is 4.99 Å². The summed E-state index contributed by atoms with van der Waals surface area (Å²) in [4.78, 5) is 31.0. The van der Waals surface area contributed by atoms with Crippen molar-refractivity contribution in [3.63, 3.8) is 0 Å². The summed E-state index contributed by atoms with van der Waals surface area (Å²) >= 11 is 0. The molecule has 0 spiro atoms. The van der Waals surface area contributed by atoms with Crippen molar-refractivity contribution in [2.24, 2.45) is 22.4 Å². The van der Waals surface area contributed by atoms with Crippen LogP contribution in [-0.4, -0.2) is 64.4 Å². The van der Waals surface area contributed by atoms with Gasteiger partial charge in [-0.25, -0.2) is 17.5 Å². The highest BCUT2D eigenvalue weighted by atomic mass is 35.5. The van der Waals surface area contributed by atoms with Gasteiger partial charge in [0.1, 0.15) is 0 Å². The van der Waals surface area contributed by atoms with Crippen LogP contribution in [0.5, 0.6) is 0 Å². The number of β-lactam (4-membered cyclic amide) rings is 1. The van der Waals surface area contributed by atoms with Gasteiger partial charge in [-0.05, 0) is 25.0 Å². The zero-order valence-electron chi connectivity index (χ0n) is 18.6. The summed E-state index contributed by atoms with van der Waals surface area (Å²) in [7, 11) is 0.568. The molecule has 1 fully saturated rings. The van der Waals surface area contributed by atoms with E-state index in [4.69, 9.17) is 16.2 Å². The molecular formula is C21H28ClN5O5S. The van der Waals surface area contributed by atoms with Crippen molar-refractivity contribution in [3.8, 4) is 0 Å². The van der Waals surface area contributed by atoms with Crippen molar-refractivity contribution in [2.45, 2.75) is 23.8 Å². The van der Waals surface area contributed by atoms with Crippen molar-refractivity contribution in [1.82, 2.24) is 4.31 Å². The minimum Gasteiger partial charge on any atom is -0.467 e. The molecule has 1 amide bonds. The molecule has 10 nitrogen and oxygen atoms in total. The van der Waals surface area contributed by atoms with Crippen LogP contribution in [0.2, 0.25) is 0 Å². The van der Waals surface area contributed by atoms with E-state index >= 15 is 0 Å². The predicted molar refractivity (Wildman–Crippen MR) is 129 cm³/mol. The summed E-state index contributed by atoms with van der Waals surface area (Å²) in [5.41, 5.74) is 11.4. The van der Waals surface area contributed by atoms with E-state index in [0.29, 0.717) is 16.1 Å². The Hall–Kier alpha value is -3.05. The topological polar surface area (TPSA) is 148 Å². The van der Waals surface area contributed by atoms with Gasteiger partial charge in [0.25, 0.3) is 10.0 Å². The standard InChI is InChI=1S/C21H27N5O5S.ClH/c1-25(2)16-10-4-8-14-13(16)7-5-11-17(14)32(29,30)26-18(20(28)31-3)15(19(26)27)9-6-12-24-21(22)23;/h4-5,7-8,10-11,15,18H,6,9,12H2,1-3H3,(H4,22,23,24);1H/t15-,18+;/m1./s1. The van der Waals surface area contributed by atoms with Crippen LogP contribution >= 0.6 is 12.4 Å². The number of carbonyl (C=O) groups excluding carboxylic acids is 2. The van der Waals surface area contributed by atoms with Gasteiger partial charge < -0.3 is 21.1 Å². The molecule has 0 radical (unpaired) electrons. The first-order valence-corrected chi connectivity index (χ1v) is 11.5. The van der Waals surface area contributed by atoms with Gasteiger partial charge in [0.05, 0.1) is 17.9 Å². The van der Waals surface area contributed by atoms with Crippen LogP contribution in [0.4, 0.5) is 5.69 Å². The Labute approximate surface area is 199 Å². The molecule has 0 aromatic heterocycles. The fourth-order valence-corrected chi connectivity index (χ4v) is 5.77. The summed E-state index contributed by atoms with van der Waals surface area (Å²) in [6, 6.07) is 8.93. The Morgan fingerprint density at radius 2 is 1.79 bits per heavy atom. The van der Waals surface area contributed by atoms with Crippen LogP contribution in [0.3, 0.4) is 0 Å². The molecule has 1 aliphatic heterocycles. The number of hydrogen-bond donors (Lipinski definition) is 2. The van der Waals surface area contributed by atoms with Gasteiger partial charge in [0.2, 0.25) is 5.91 Å². The quantitative estimate of drug-likeness (QED) is 0.181. The molecule has 1 saturated heterocycles. The van der Waals surface area contributed by atoms with E-state index in [1.54, 1.807) is 18.2 Å². The third kappa shape index (κ3) is 4.83. The number of halogens is 1. The van der Waals surface area contributed by atoms with Crippen molar-refractivity contribution >= 4 is 56.7 Å². The van der Waals surface area contributed by atoms with Gasteiger partial charge in [-0.15, -0.1) is 12.4 Å². The Morgan fingerprint density at radius 3 is 2.39 bits per heavy atom. The molecule has 0 unspecified atom stereocenters. The lowest BCUT2D eigenvalue weighted by Crippen LogP contribution is -2.66. The lowest BCUT2D eigenvalue weighted by molar-refractivity contribution is -0.165. The van der Waals surface area contributed by atoms with E-state index in [0.717, 1.165) is 18.2 Å². The number of fused-ring (bicyclic) bond motifs is 1. The van der Waals surface area contributed by atoms with Crippen molar-refractivity contribution in [3.05, 3.63) is 36.4 Å². The largest absolute Gasteiger partial charge is 0.467 e. The first kappa shape index (κ1) is 26.2. The maximum absolute atomic E-state index is 13.5. The number of ether oxygens (including phenoxy) is 1. The number of amides is 1. The van der Waals surface area contributed by atoms with E-state index in [1.165, 1.54) is 6.07 Å². The van der Waals surface area contributed by atoms with Gasteiger partial charge in [0, 0.05) is 37.1 Å². The second-order valence-corrected chi connectivity index (χ2v) is 9.47. The van der Waals surface area contributed by atoms with Crippen molar-refractivity contribution in [1.29, 1.82) is 0 Å². The summed E-state index contributed by atoms with van der Waals surface area (Å²) in [5, 5.41) is 1.18. The average molecular weight is 498 g/mol. The number of hydrogen-bond acceptors (Lipinski definition) is 7. The van der Waals surface area contributed by atoms with Crippen LogP contribution in [0.15, 0.2) is 46.3 Å². The molecule has 2 aromatic rings. The molecule has 1 heterocycles. The Bertz CT molecular complexity index is 1180. The van der Waals surface area contributed by atoms with Crippen molar-refractivity contribution in [2.75, 3.05) is 32.6 Å². The van der Waals surface area contributed by atoms with E-state index in [-0.39, 0.29) is 36.2 Å². The second kappa shape index (κ2) is 10.3. The maximum atomic E-state index is 13.5. The number of rotatable bonds is 8. The Balaban J connectivity index is 0.00000385. The molecule has 0 aliphatic carbocycles. The number of benzene rings is 2. The third-order valence-corrected chi connectivity index (χ3v) is 7.29. The highest BCUT2D eigenvalue weighted by Crippen LogP contribution is 2.39. The highest BCUT2D eigenvalue weighted by molar-refractivity contribution is 7.90. The molecule has 2 atom stereocenters. The van der Waals surface area contributed by atoms with Gasteiger partial charge in [0.15, 0.2) is 12.0 Å². The van der Waals surface area contributed by atoms with Crippen LogP contribution in [-0.2, 0) is 24.3 Å². The predicted octanol–water partition coefficient (Wildman–Crippen LogP) is 1.07. The third-order valence-electron chi connectivity index (χ3n) is 5.46. The van der Waals surface area contributed by atoms with Gasteiger partial charge in [-0.3, -0.25) is 9.79 Å². The first-order valence-electron chi connectivity index (χ1n) is 10.0. The normalized spacial score (nSPS) is 17.7. The van der Waals surface area contributed by atoms with Crippen LogP contribution < -0.4 is 16.4 Å². The monoisotopic (exact) mass is 497 g/mol. The van der Waals surface area contributed by atoms with E-state index < -0.39 is 33.9 Å². The zero-order chi connectivity index (χ0) is 23.6. The number of sulfonamides is 1. The average Bonchev–Trinajstić information content (AvgIpc) is 2.75. The Kier molecular flexibility index (Phi) is 8.15. The SMILES string of the molecule is COC(=O)[C@@H]1[C@@H](CCCN=C(N)N)C(=O)N1S(=O)(=O)c1cccc2c(N(C)C)cccc12.Cl. The molecule has 1 aliphatic rings. The number of nitrogens with two attached hydrogens (primary N) is 2. The van der Waals surface area contributed by atoms with Crippen LogP contribution in [0.25, 0.3) is 10.8 Å². The molecular weight excluding hydrogens is 470 g/mol. The fraction of sp³-hybridized carbons (Fsp3) is 0.381. The van der Waals surface area contributed by atoms with Crippen LogP contribution in [0, 0.1) is 5.92 Å². The number of aliphatic imine (C=N–C) groups is 1. The number of methoxy groups -OCH3 is 1. The fourth-order valence-electron chi connectivity index (χ4n) is 3.95. The summed E-state index contributed by atoms with van der Waals surface area (Å²) in [5.74, 6) is -2.33. The lowest BCUT2D eigenvalue weighted by atomic mass is 9.86. The molecule has 2 aromatic carbocycles. The minimum atomic E-state index is -4.30. The number of anilines is 1. The molecule has 12 heteroatoms. The molecule has 4 N–H and O–H groups in total.